The largest absolute Gasteiger partial charge is 0.497 e. The van der Waals surface area contributed by atoms with Gasteiger partial charge >= 0.3 is 0 Å². The Labute approximate surface area is 191 Å². The van der Waals surface area contributed by atoms with Crippen LogP contribution in [0.5, 0.6) is 11.5 Å². The highest BCUT2D eigenvalue weighted by Crippen LogP contribution is 2.41. The average Bonchev–Trinajstić information content (AvgIpc) is 3.10. The summed E-state index contributed by atoms with van der Waals surface area (Å²) in [4.78, 5) is 30.4. The van der Waals surface area contributed by atoms with E-state index in [1.165, 1.54) is 38.5 Å². The van der Waals surface area contributed by atoms with Crippen molar-refractivity contribution in [1.29, 1.82) is 0 Å². The van der Waals surface area contributed by atoms with Crippen LogP contribution in [0.3, 0.4) is 0 Å². The number of carbonyl (C=O) groups excluding carboxylic acids is 2. The first kappa shape index (κ1) is 22.1. The summed E-state index contributed by atoms with van der Waals surface area (Å²) in [5, 5.41) is 0. The molecule has 0 radical (unpaired) electrons. The number of hydrogen-bond acceptors (Lipinski definition) is 5. The number of nitrogens with zero attached hydrogens (tertiary/aromatic N) is 2. The molecule has 4 rings (SSSR count). The Balaban J connectivity index is 1.91. The number of rotatable bonds is 7. The molecule has 2 amide bonds. The molecule has 6 nitrogen and oxygen atoms in total. The lowest BCUT2D eigenvalue weighted by Gasteiger charge is -2.25. The van der Waals surface area contributed by atoms with Crippen molar-refractivity contribution in [2.45, 2.75) is 6.92 Å². The number of para-hydroxylation sites is 1. The highest BCUT2D eigenvalue weighted by atomic mass is 19.1. The van der Waals surface area contributed by atoms with Crippen molar-refractivity contribution in [3.05, 3.63) is 89.9 Å². The molecular formula is C26H23FN2O4. The zero-order valence-corrected chi connectivity index (χ0v) is 18.5. The molecule has 1 aliphatic heterocycles. The number of amides is 2. The third kappa shape index (κ3) is 3.93. The minimum atomic E-state index is -0.514. The van der Waals surface area contributed by atoms with Crippen LogP contribution in [-0.4, -0.2) is 32.6 Å². The third-order valence-corrected chi connectivity index (χ3v) is 5.47. The summed E-state index contributed by atoms with van der Waals surface area (Å²) >= 11 is 0. The zero-order chi connectivity index (χ0) is 23.5. The summed E-state index contributed by atoms with van der Waals surface area (Å²) in [6, 6.07) is 19.8. The standard InChI is InChI=1S/C26H23FN2O4/c1-4-28(19-8-6-5-7-9-19)24-23(17-10-12-18(27)13-11-17)25(30)29(26(24)31)21-15-14-20(32-2)16-22(21)33-3/h5-16H,4H2,1-3H3. The Hall–Kier alpha value is -4.13. The van der Waals surface area contributed by atoms with Gasteiger partial charge in [0.1, 0.15) is 23.0 Å². The van der Waals surface area contributed by atoms with Gasteiger partial charge in [-0.05, 0) is 48.9 Å². The second-order valence-electron chi connectivity index (χ2n) is 7.29. The van der Waals surface area contributed by atoms with E-state index in [1.807, 2.05) is 37.3 Å². The lowest BCUT2D eigenvalue weighted by Crippen LogP contribution is -2.35. The van der Waals surface area contributed by atoms with Gasteiger partial charge < -0.3 is 14.4 Å². The first-order valence-electron chi connectivity index (χ1n) is 10.4. The Morgan fingerprint density at radius 3 is 2.18 bits per heavy atom. The fourth-order valence-electron chi connectivity index (χ4n) is 3.91. The van der Waals surface area contributed by atoms with Gasteiger partial charge in [0.2, 0.25) is 0 Å². The van der Waals surface area contributed by atoms with E-state index in [4.69, 9.17) is 9.47 Å². The predicted molar refractivity (Wildman–Crippen MR) is 125 cm³/mol. The number of likely N-dealkylation sites (N-methyl/N-ethyl adjacent to an activating group) is 1. The maximum absolute atomic E-state index is 13.8. The van der Waals surface area contributed by atoms with Crippen LogP contribution in [0.2, 0.25) is 0 Å². The van der Waals surface area contributed by atoms with Crippen LogP contribution >= 0.6 is 0 Å². The fraction of sp³-hybridized carbons (Fsp3) is 0.154. The average molecular weight is 446 g/mol. The summed E-state index contributed by atoms with van der Waals surface area (Å²) in [6.45, 7) is 2.34. The lowest BCUT2D eigenvalue weighted by atomic mass is 10.0. The third-order valence-electron chi connectivity index (χ3n) is 5.47. The molecular weight excluding hydrogens is 423 g/mol. The van der Waals surface area contributed by atoms with Crippen molar-refractivity contribution in [3.63, 3.8) is 0 Å². The molecule has 0 spiro atoms. The number of anilines is 2. The van der Waals surface area contributed by atoms with Crippen molar-refractivity contribution in [2.24, 2.45) is 0 Å². The summed E-state index contributed by atoms with van der Waals surface area (Å²) in [6.07, 6.45) is 0. The number of benzene rings is 3. The van der Waals surface area contributed by atoms with Crippen LogP contribution in [0.15, 0.2) is 78.5 Å². The second-order valence-corrected chi connectivity index (χ2v) is 7.29. The molecule has 0 saturated carbocycles. The van der Waals surface area contributed by atoms with Gasteiger partial charge in [0.25, 0.3) is 11.8 Å². The molecule has 0 fully saturated rings. The van der Waals surface area contributed by atoms with Gasteiger partial charge in [-0.3, -0.25) is 9.59 Å². The smallest absolute Gasteiger partial charge is 0.282 e. The van der Waals surface area contributed by atoms with Crippen molar-refractivity contribution in [3.8, 4) is 11.5 Å². The van der Waals surface area contributed by atoms with Crippen LogP contribution < -0.4 is 19.3 Å². The van der Waals surface area contributed by atoms with E-state index >= 15 is 0 Å². The molecule has 168 valence electrons. The quantitative estimate of drug-likeness (QED) is 0.495. The van der Waals surface area contributed by atoms with Gasteiger partial charge in [-0.1, -0.05) is 30.3 Å². The molecule has 0 saturated heterocycles. The maximum Gasteiger partial charge on any atom is 0.282 e. The fourth-order valence-corrected chi connectivity index (χ4v) is 3.91. The summed E-state index contributed by atoms with van der Waals surface area (Å²) in [5.41, 5.74) is 1.93. The molecule has 1 heterocycles. The molecule has 33 heavy (non-hydrogen) atoms. The molecule has 3 aromatic carbocycles. The molecule has 0 atom stereocenters. The van der Waals surface area contributed by atoms with Gasteiger partial charge in [0.15, 0.2) is 0 Å². The normalized spacial score (nSPS) is 13.5. The van der Waals surface area contributed by atoms with E-state index in [0.717, 1.165) is 10.6 Å². The van der Waals surface area contributed by atoms with Gasteiger partial charge in [0, 0.05) is 18.3 Å². The van der Waals surface area contributed by atoms with E-state index in [2.05, 4.69) is 0 Å². The molecule has 0 N–H and O–H groups in total. The topological polar surface area (TPSA) is 59.1 Å². The van der Waals surface area contributed by atoms with Gasteiger partial charge in [-0.2, -0.15) is 0 Å². The van der Waals surface area contributed by atoms with E-state index < -0.39 is 17.6 Å². The minimum Gasteiger partial charge on any atom is -0.497 e. The molecule has 0 aromatic heterocycles. The number of imide groups is 1. The molecule has 0 unspecified atom stereocenters. The SMILES string of the molecule is CCN(C1=C(c2ccc(F)cc2)C(=O)N(c2ccc(OC)cc2OC)C1=O)c1ccccc1. The van der Waals surface area contributed by atoms with E-state index in [1.54, 1.807) is 23.1 Å². The first-order chi connectivity index (χ1) is 16.0. The molecule has 1 aliphatic rings. The zero-order valence-electron chi connectivity index (χ0n) is 18.5. The maximum atomic E-state index is 13.8. The monoisotopic (exact) mass is 446 g/mol. The second kappa shape index (κ2) is 9.16. The number of hydrogen-bond donors (Lipinski definition) is 0. The predicted octanol–water partition coefficient (Wildman–Crippen LogP) is 4.65. The summed E-state index contributed by atoms with van der Waals surface area (Å²) < 4.78 is 24.3. The van der Waals surface area contributed by atoms with Crippen LogP contribution in [0.25, 0.3) is 5.57 Å². The van der Waals surface area contributed by atoms with Gasteiger partial charge in [0.05, 0.1) is 25.5 Å². The van der Waals surface area contributed by atoms with Crippen LogP contribution in [0.1, 0.15) is 12.5 Å². The van der Waals surface area contributed by atoms with Crippen LogP contribution in [0.4, 0.5) is 15.8 Å². The lowest BCUT2D eigenvalue weighted by molar-refractivity contribution is -0.120. The molecule has 3 aromatic rings. The van der Waals surface area contributed by atoms with Crippen LogP contribution in [0, 0.1) is 5.82 Å². The number of methoxy groups -OCH3 is 2. The van der Waals surface area contributed by atoms with Crippen molar-refractivity contribution < 1.29 is 23.5 Å². The Morgan fingerprint density at radius 1 is 0.879 bits per heavy atom. The minimum absolute atomic E-state index is 0.198. The summed E-state index contributed by atoms with van der Waals surface area (Å²) in [5.74, 6) is -0.589. The van der Waals surface area contributed by atoms with E-state index in [9.17, 15) is 14.0 Å². The highest BCUT2D eigenvalue weighted by molar-refractivity contribution is 6.46. The van der Waals surface area contributed by atoms with Crippen molar-refractivity contribution in [2.75, 3.05) is 30.6 Å². The van der Waals surface area contributed by atoms with Gasteiger partial charge in [-0.15, -0.1) is 0 Å². The Morgan fingerprint density at radius 2 is 1.58 bits per heavy atom. The van der Waals surface area contributed by atoms with E-state index in [0.29, 0.717) is 29.3 Å². The van der Waals surface area contributed by atoms with Gasteiger partial charge in [-0.25, -0.2) is 9.29 Å². The highest BCUT2D eigenvalue weighted by Gasteiger charge is 2.43. The molecule has 0 bridgehead atoms. The Bertz CT molecular complexity index is 1220. The number of carbonyl (C=O) groups is 2. The molecule has 7 heteroatoms. The Kier molecular flexibility index (Phi) is 6.13. The van der Waals surface area contributed by atoms with Crippen LogP contribution in [-0.2, 0) is 9.59 Å². The van der Waals surface area contributed by atoms with Crippen molar-refractivity contribution >= 4 is 28.8 Å². The summed E-state index contributed by atoms with van der Waals surface area (Å²) in [7, 11) is 2.98. The number of halogens is 1. The first-order valence-corrected chi connectivity index (χ1v) is 10.4. The molecule has 0 aliphatic carbocycles. The van der Waals surface area contributed by atoms with Crippen molar-refractivity contribution in [1.82, 2.24) is 0 Å². The number of ether oxygens (including phenoxy) is 2. The van der Waals surface area contributed by atoms with E-state index in [-0.39, 0.29) is 11.3 Å².